The van der Waals surface area contributed by atoms with Gasteiger partial charge in [-0.25, -0.2) is 13.6 Å². The summed E-state index contributed by atoms with van der Waals surface area (Å²) in [5, 5.41) is 6.73. The van der Waals surface area contributed by atoms with Gasteiger partial charge < -0.3 is 4.74 Å². The number of aromatic nitrogens is 2. The monoisotopic (exact) mass is 351 g/mol. The SMILES string of the molecule is Cc1ccccc1COC(=O)Nc1ccn(CCCCC(C)(F)F)n1. The first kappa shape index (κ1) is 18.9. The van der Waals surface area contributed by atoms with E-state index in [1.807, 2.05) is 31.2 Å². The summed E-state index contributed by atoms with van der Waals surface area (Å²) in [7, 11) is 0. The lowest BCUT2D eigenvalue weighted by Crippen LogP contribution is -2.14. The summed E-state index contributed by atoms with van der Waals surface area (Å²) in [5.41, 5.74) is 1.99. The van der Waals surface area contributed by atoms with Crippen LogP contribution in [0, 0.1) is 6.92 Å². The maximum Gasteiger partial charge on any atom is 0.413 e. The summed E-state index contributed by atoms with van der Waals surface area (Å²) >= 11 is 0. The third-order valence-corrected chi connectivity index (χ3v) is 3.74. The summed E-state index contributed by atoms with van der Waals surface area (Å²) < 4.78 is 32.3. The highest BCUT2D eigenvalue weighted by Crippen LogP contribution is 2.20. The predicted octanol–water partition coefficient (Wildman–Crippen LogP) is 4.77. The molecule has 136 valence electrons. The van der Waals surface area contributed by atoms with Gasteiger partial charge in [0.25, 0.3) is 0 Å². The number of ether oxygens (including phenoxy) is 1. The van der Waals surface area contributed by atoms with Gasteiger partial charge in [0.2, 0.25) is 5.92 Å². The maximum absolute atomic E-state index is 12.7. The van der Waals surface area contributed by atoms with Crippen LogP contribution in [0.1, 0.15) is 37.3 Å². The summed E-state index contributed by atoms with van der Waals surface area (Å²) in [5.74, 6) is -2.26. The number of hydrogen-bond donors (Lipinski definition) is 1. The fourth-order valence-corrected chi connectivity index (χ4v) is 2.32. The van der Waals surface area contributed by atoms with Gasteiger partial charge in [-0.2, -0.15) is 5.10 Å². The van der Waals surface area contributed by atoms with Crippen LogP contribution in [-0.2, 0) is 17.9 Å². The summed E-state index contributed by atoms with van der Waals surface area (Å²) in [4.78, 5) is 11.8. The number of carbonyl (C=O) groups is 1. The van der Waals surface area contributed by atoms with Gasteiger partial charge in [-0.3, -0.25) is 10.00 Å². The van der Waals surface area contributed by atoms with Crippen LogP contribution in [0.2, 0.25) is 0 Å². The molecule has 0 aliphatic heterocycles. The van der Waals surface area contributed by atoms with Crippen LogP contribution in [-0.4, -0.2) is 21.8 Å². The molecule has 25 heavy (non-hydrogen) atoms. The third-order valence-electron chi connectivity index (χ3n) is 3.74. The fourth-order valence-electron chi connectivity index (χ4n) is 2.32. The number of nitrogens with one attached hydrogen (secondary N) is 1. The van der Waals surface area contributed by atoms with Gasteiger partial charge >= 0.3 is 6.09 Å². The zero-order valence-electron chi connectivity index (χ0n) is 14.5. The number of nitrogens with zero attached hydrogens (tertiary/aromatic N) is 2. The van der Waals surface area contributed by atoms with Crippen LogP contribution >= 0.6 is 0 Å². The quantitative estimate of drug-likeness (QED) is 0.697. The van der Waals surface area contributed by atoms with E-state index in [-0.39, 0.29) is 13.0 Å². The van der Waals surface area contributed by atoms with Gasteiger partial charge in [0.15, 0.2) is 5.82 Å². The Morgan fingerprint density at radius 2 is 2.04 bits per heavy atom. The summed E-state index contributed by atoms with van der Waals surface area (Å²) in [6.45, 7) is 3.58. The van der Waals surface area contributed by atoms with Crippen molar-refractivity contribution in [3.63, 3.8) is 0 Å². The molecule has 2 aromatic rings. The number of hydrogen-bond acceptors (Lipinski definition) is 3. The van der Waals surface area contributed by atoms with E-state index in [1.54, 1.807) is 16.9 Å². The van der Waals surface area contributed by atoms with Crippen molar-refractivity contribution in [2.24, 2.45) is 0 Å². The van der Waals surface area contributed by atoms with Gasteiger partial charge in [0.1, 0.15) is 6.61 Å². The van der Waals surface area contributed by atoms with Gasteiger partial charge in [0, 0.05) is 25.2 Å². The molecule has 0 radical (unpaired) electrons. The molecule has 1 aromatic heterocycles. The van der Waals surface area contributed by atoms with E-state index in [9.17, 15) is 13.6 Å². The first-order valence-corrected chi connectivity index (χ1v) is 8.23. The molecule has 7 heteroatoms. The Hall–Kier alpha value is -2.44. The standard InChI is InChI=1S/C18H23F2N3O2/c1-14-7-3-4-8-15(14)13-25-17(24)21-16-9-12-23(22-16)11-6-5-10-18(2,19)20/h3-4,7-9,12H,5-6,10-11,13H2,1-2H3,(H,21,22,24). The van der Waals surface area contributed by atoms with Gasteiger partial charge in [-0.05, 0) is 37.8 Å². The Morgan fingerprint density at radius 3 is 2.76 bits per heavy atom. The van der Waals surface area contributed by atoms with Crippen molar-refractivity contribution in [2.75, 3.05) is 5.32 Å². The van der Waals surface area contributed by atoms with E-state index in [2.05, 4.69) is 10.4 Å². The number of carbonyl (C=O) groups excluding carboxylic acids is 1. The van der Waals surface area contributed by atoms with Crippen LogP contribution in [0.3, 0.4) is 0 Å². The largest absolute Gasteiger partial charge is 0.444 e. The van der Waals surface area contributed by atoms with E-state index in [0.29, 0.717) is 25.2 Å². The third kappa shape index (κ3) is 6.91. The molecular formula is C18H23F2N3O2. The number of aryl methyl sites for hydroxylation is 2. The second kappa shape index (κ2) is 8.60. The van der Waals surface area contributed by atoms with E-state index < -0.39 is 12.0 Å². The molecule has 0 aliphatic carbocycles. The number of benzene rings is 1. The predicted molar refractivity (Wildman–Crippen MR) is 91.7 cm³/mol. The van der Waals surface area contributed by atoms with E-state index in [0.717, 1.165) is 18.1 Å². The lowest BCUT2D eigenvalue weighted by atomic mass is 10.1. The number of alkyl halides is 2. The van der Waals surface area contributed by atoms with Crippen molar-refractivity contribution in [1.29, 1.82) is 0 Å². The average Bonchev–Trinajstić information content (AvgIpc) is 2.97. The second-order valence-electron chi connectivity index (χ2n) is 6.12. The van der Waals surface area contributed by atoms with Crippen LogP contribution in [0.5, 0.6) is 0 Å². The molecule has 0 bridgehead atoms. The number of rotatable bonds is 8. The van der Waals surface area contributed by atoms with Crippen molar-refractivity contribution < 1.29 is 18.3 Å². The second-order valence-corrected chi connectivity index (χ2v) is 6.12. The lowest BCUT2D eigenvalue weighted by molar-refractivity contribution is 0.0102. The lowest BCUT2D eigenvalue weighted by Gasteiger charge is -2.09. The molecule has 2 rings (SSSR count). The Labute approximate surface area is 146 Å². The molecular weight excluding hydrogens is 328 g/mol. The highest BCUT2D eigenvalue weighted by Gasteiger charge is 2.19. The Bertz CT molecular complexity index is 696. The van der Waals surface area contributed by atoms with Crippen LogP contribution in [0.15, 0.2) is 36.5 Å². The number of unbranched alkanes of at least 4 members (excludes halogenated alkanes) is 1. The van der Waals surface area contributed by atoms with Gasteiger partial charge in [-0.1, -0.05) is 24.3 Å². The molecule has 0 aliphatic rings. The van der Waals surface area contributed by atoms with Gasteiger partial charge in [-0.15, -0.1) is 0 Å². The first-order valence-electron chi connectivity index (χ1n) is 8.23. The van der Waals surface area contributed by atoms with Gasteiger partial charge in [0.05, 0.1) is 0 Å². The molecule has 0 spiro atoms. The Balaban J connectivity index is 1.73. The molecule has 1 amide bonds. The van der Waals surface area contributed by atoms with Crippen LogP contribution in [0.4, 0.5) is 19.4 Å². The molecule has 0 unspecified atom stereocenters. The topological polar surface area (TPSA) is 56.1 Å². The molecule has 0 fully saturated rings. The van der Waals surface area contributed by atoms with Crippen LogP contribution < -0.4 is 5.32 Å². The fraction of sp³-hybridized carbons (Fsp3) is 0.444. The van der Waals surface area contributed by atoms with Crippen molar-refractivity contribution in [2.45, 2.75) is 52.2 Å². The molecule has 5 nitrogen and oxygen atoms in total. The van der Waals surface area contributed by atoms with Crippen molar-refractivity contribution >= 4 is 11.9 Å². The molecule has 0 saturated carbocycles. The first-order chi connectivity index (χ1) is 11.8. The van der Waals surface area contributed by atoms with E-state index >= 15 is 0 Å². The van der Waals surface area contributed by atoms with Crippen molar-refractivity contribution in [3.05, 3.63) is 47.7 Å². The van der Waals surface area contributed by atoms with Crippen molar-refractivity contribution in [3.8, 4) is 0 Å². The molecule has 1 heterocycles. The molecule has 1 aromatic carbocycles. The van der Waals surface area contributed by atoms with E-state index in [1.165, 1.54) is 0 Å². The highest BCUT2D eigenvalue weighted by molar-refractivity contribution is 5.83. The molecule has 1 N–H and O–H groups in total. The Kier molecular flexibility index (Phi) is 6.50. The highest BCUT2D eigenvalue weighted by atomic mass is 19.3. The summed E-state index contributed by atoms with van der Waals surface area (Å²) in [6, 6.07) is 9.31. The van der Waals surface area contributed by atoms with E-state index in [4.69, 9.17) is 4.74 Å². The smallest absolute Gasteiger partial charge is 0.413 e. The minimum absolute atomic E-state index is 0.134. The average molecular weight is 351 g/mol. The van der Waals surface area contributed by atoms with Crippen LogP contribution in [0.25, 0.3) is 0 Å². The van der Waals surface area contributed by atoms with Crippen molar-refractivity contribution in [1.82, 2.24) is 9.78 Å². The molecule has 0 atom stereocenters. The maximum atomic E-state index is 12.7. The minimum atomic E-state index is -2.63. The zero-order valence-corrected chi connectivity index (χ0v) is 14.5. The number of halogens is 2. The molecule has 0 saturated heterocycles. The minimum Gasteiger partial charge on any atom is -0.444 e. The number of anilines is 1. The zero-order chi connectivity index (χ0) is 18.3. The normalized spacial score (nSPS) is 11.4. The number of amides is 1. The summed E-state index contributed by atoms with van der Waals surface area (Å²) in [6.07, 6.45) is 2.00. The Morgan fingerprint density at radius 1 is 1.28 bits per heavy atom.